The molecule has 0 aromatic heterocycles. The van der Waals surface area contributed by atoms with E-state index < -0.39 is 58.0 Å². The van der Waals surface area contributed by atoms with Gasteiger partial charge in [-0.2, -0.15) is 0 Å². The Labute approximate surface area is 245 Å². The lowest BCUT2D eigenvalue weighted by Crippen LogP contribution is -2.63. The van der Waals surface area contributed by atoms with Crippen molar-refractivity contribution in [3.8, 4) is 16.9 Å². The number of aromatic hydroxyl groups is 1. The molecule has 0 spiro atoms. The number of likely N-dealkylation sites (N-methyl/N-ethyl adjacent to an activating group) is 1. The fraction of sp³-hybridized carbons (Fsp3) is 0.345. The highest BCUT2D eigenvalue weighted by Crippen LogP contribution is 2.54. The topological polar surface area (TPSA) is 165 Å². The number of anilines is 1. The van der Waals surface area contributed by atoms with Crippen molar-refractivity contribution in [2.45, 2.75) is 24.5 Å². The van der Waals surface area contributed by atoms with Crippen LogP contribution in [0.4, 0.5) is 5.69 Å². The van der Waals surface area contributed by atoms with Gasteiger partial charge in [0.05, 0.1) is 21.7 Å². The molecule has 2 aromatic rings. The van der Waals surface area contributed by atoms with Crippen LogP contribution in [0, 0.1) is 11.8 Å². The first-order chi connectivity index (χ1) is 19.1. The predicted octanol–water partition coefficient (Wildman–Crippen LogP) is 3.16. The molecule has 0 aliphatic heterocycles. The number of halogens is 2. The fourth-order valence-electron chi connectivity index (χ4n) is 6.58. The maximum Gasteiger partial charge on any atom is 0.255 e. The largest absolute Gasteiger partial charge is 0.510 e. The number of aliphatic hydroxyl groups is 3. The number of allylic oxidation sites excluding steroid dienone is 1. The number of aliphatic hydroxyl groups excluding tert-OH is 2. The van der Waals surface area contributed by atoms with E-state index in [-0.39, 0.29) is 40.3 Å². The number of carbonyl (C=O) groups is 3. The summed E-state index contributed by atoms with van der Waals surface area (Å²) in [5.74, 6) is -6.98. The minimum absolute atomic E-state index is 0.00787. The minimum atomic E-state index is -2.70. The van der Waals surface area contributed by atoms with Gasteiger partial charge in [0.15, 0.2) is 11.4 Å². The van der Waals surface area contributed by atoms with Crippen LogP contribution in [0.2, 0.25) is 10.0 Å². The number of ketones is 2. The minimum Gasteiger partial charge on any atom is -0.510 e. The number of nitrogens with two attached hydrogens (primary N) is 1. The van der Waals surface area contributed by atoms with Crippen LogP contribution < -0.4 is 10.6 Å². The van der Waals surface area contributed by atoms with Gasteiger partial charge in [-0.1, -0.05) is 29.3 Å². The highest BCUT2D eigenvalue weighted by molar-refractivity contribution is 6.42. The van der Waals surface area contributed by atoms with Crippen molar-refractivity contribution < 1.29 is 34.8 Å². The average molecular weight is 602 g/mol. The summed E-state index contributed by atoms with van der Waals surface area (Å²) in [5.41, 5.74) is 3.46. The standard InChI is InChI=1S/C29H29Cl2N3O7/c1-33(2)18-10-13(11-5-6-16(30)17(31)9-11)23(35)20-14(18)7-12-8-15-22(34(3)4)25(37)21(28(32)40)27(39)29(15,41)26(38)19(12)24(20)36/h5-6,9-10,12,15,22,35,37-38,41H,7-8H2,1-4H3,(H2,32,40)/t12-,15-,22-,29-/m1/s1. The van der Waals surface area contributed by atoms with Crippen LogP contribution in [0.5, 0.6) is 5.75 Å². The van der Waals surface area contributed by atoms with Crippen LogP contribution in [0.25, 0.3) is 11.1 Å². The van der Waals surface area contributed by atoms with Gasteiger partial charge < -0.3 is 31.1 Å². The number of Topliss-reactive ketones (excluding diaryl/α,β-unsaturated/α-hetero) is 2. The van der Waals surface area contributed by atoms with Crippen molar-refractivity contribution in [2.75, 3.05) is 33.1 Å². The first-order valence-electron chi connectivity index (χ1n) is 12.8. The smallest absolute Gasteiger partial charge is 0.255 e. The van der Waals surface area contributed by atoms with E-state index in [0.29, 0.717) is 21.8 Å². The van der Waals surface area contributed by atoms with Crippen LogP contribution in [0.1, 0.15) is 22.3 Å². The van der Waals surface area contributed by atoms with Crippen molar-refractivity contribution in [3.63, 3.8) is 0 Å². The molecule has 216 valence electrons. The lowest BCUT2D eigenvalue weighted by atomic mass is 9.58. The summed E-state index contributed by atoms with van der Waals surface area (Å²) in [4.78, 5) is 43.1. The van der Waals surface area contributed by atoms with Gasteiger partial charge in [0.25, 0.3) is 5.91 Å². The summed E-state index contributed by atoms with van der Waals surface area (Å²) in [7, 11) is 6.74. The third-order valence-electron chi connectivity index (χ3n) is 8.41. The number of fused-ring (bicyclic) bond motifs is 3. The van der Waals surface area contributed by atoms with E-state index in [2.05, 4.69) is 0 Å². The first kappa shape index (κ1) is 28.9. The second kappa shape index (κ2) is 9.77. The van der Waals surface area contributed by atoms with Crippen LogP contribution in [0.3, 0.4) is 0 Å². The van der Waals surface area contributed by atoms with Gasteiger partial charge in [-0.3, -0.25) is 19.3 Å². The second-order valence-corrected chi connectivity index (χ2v) is 11.9. The third-order valence-corrected chi connectivity index (χ3v) is 9.15. The molecule has 12 heteroatoms. The Morgan fingerprint density at radius 2 is 1.71 bits per heavy atom. The van der Waals surface area contributed by atoms with Crippen LogP contribution in [0.15, 0.2) is 46.9 Å². The molecular weight excluding hydrogens is 573 g/mol. The molecule has 41 heavy (non-hydrogen) atoms. The Morgan fingerprint density at radius 3 is 2.27 bits per heavy atom. The highest BCUT2D eigenvalue weighted by atomic mass is 35.5. The van der Waals surface area contributed by atoms with E-state index >= 15 is 0 Å². The van der Waals surface area contributed by atoms with Crippen molar-refractivity contribution >= 4 is 46.4 Å². The summed E-state index contributed by atoms with van der Waals surface area (Å²) < 4.78 is 0. The number of phenolic OH excluding ortho intramolecular Hbond substituents is 1. The van der Waals surface area contributed by atoms with E-state index in [1.54, 1.807) is 57.4 Å². The van der Waals surface area contributed by atoms with Crippen LogP contribution in [-0.4, -0.2) is 82.6 Å². The number of nitrogens with zero attached hydrogens (tertiary/aromatic N) is 2. The van der Waals surface area contributed by atoms with E-state index in [4.69, 9.17) is 28.9 Å². The van der Waals surface area contributed by atoms with Gasteiger partial charge in [-0.25, -0.2) is 0 Å². The number of primary amides is 1. The number of hydrogen-bond acceptors (Lipinski definition) is 9. The van der Waals surface area contributed by atoms with Crippen LogP contribution in [-0.2, 0) is 16.0 Å². The number of hydrogen-bond donors (Lipinski definition) is 5. The van der Waals surface area contributed by atoms with E-state index in [9.17, 15) is 34.8 Å². The van der Waals surface area contributed by atoms with Crippen LogP contribution >= 0.6 is 23.2 Å². The molecule has 6 N–H and O–H groups in total. The lowest BCUT2D eigenvalue weighted by Gasteiger charge is -2.50. The molecule has 3 aliphatic rings. The second-order valence-electron chi connectivity index (χ2n) is 11.1. The molecule has 0 unspecified atom stereocenters. The molecule has 0 saturated carbocycles. The quantitative estimate of drug-likeness (QED) is 0.331. The Kier molecular flexibility index (Phi) is 6.89. The zero-order chi connectivity index (χ0) is 30.3. The van der Waals surface area contributed by atoms with Crippen molar-refractivity contribution in [1.29, 1.82) is 0 Å². The Bertz CT molecular complexity index is 1610. The van der Waals surface area contributed by atoms with E-state index in [0.717, 1.165) is 0 Å². The number of carbonyl (C=O) groups excluding carboxylic acids is 3. The number of phenols is 1. The van der Waals surface area contributed by atoms with Gasteiger partial charge >= 0.3 is 0 Å². The highest BCUT2D eigenvalue weighted by Gasteiger charge is 2.63. The van der Waals surface area contributed by atoms with Gasteiger partial charge in [0.1, 0.15) is 22.8 Å². The Hall–Kier alpha value is -3.57. The summed E-state index contributed by atoms with van der Waals surface area (Å²) in [6.45, 7) is 0. The molecule has 2 aromatic carbocycles. The van der Waals surface area contributed by atoms with Crippen molar-refractivity contribution in [2.24, 2.45) is 17.6 Å². The molecule has 3 aliphatic carbocycles. The molecule has 0 fully saturated rings. The number of benzene rings is 2. The third kappa shape index (κ3) is 4.04. The fourth-order valence-corrected chi connectivity index (χ4v) is 6.88. The maximum absolute atomic E-state index is 14.2. The Balaban J connectivity index is 1.76. The molecule has 0 heterocycles. The first-order valence-corrected chi connectivity index (χ1v) is 13.5. The molecule has 0 radical (unpaired) electrons. The number of rotatable bonds is 4. The summed E-state index contributed by atoms with van der Waals surface area (Å²) in [6.07, 6.45) is 0.186. The van der Waals surface area contributed by atoms with Gasteiger partial charge in [-0.15, -0.1) is 0 Å². The zero-order valence-electron chi connectivity index (χ0n) is 22.7. The monoisotopic (exact) mass is 601 g/mol. The molecule has 4 atom stereocenters. The molecule has 0 bridgehead atoms. The molecule has 10 nitrogen and oxygen atoms in total. The molecular formula is C29H29Cl2N3O7. The lowest BCUT2D eigenvalue weighted by molar-refractivity contribution is -0.148. The molecule has 5 rings (SSSR count). The normalized spacial score (nSPS) is 25.7. The Morgan fingerprint density at radius 1 is 1.05 bits per heavy atom. The van der Waals surface area contributed by atoms with E-state index in [1.165, 1.54) is 4.90 Å². The number of amides is 1. The van der Waals surface area contributed by atoms with Crippen molar-refractivity contribution in [3.05, 3.63) is 68.1 Å². The summed E-state index contributed by atoms with van der Waals surface area (Å²) in [6, 6.07) is 5.43. The van der Waals surface area contributed by atoms with Gasteiger partial charge in [0, 0.05) is 36.8 Å². The van der Waals surface area contributed by atoms with Gasteiger partial charge in [0.2, 0.25) is 5.78 Å². The molecule has 1 amide bonds. The van der Waals surface area contributed by atoms with Crippen molar-refractivity contribution in [1.82, 2.24) is 4.90 Å². The predicted molar refractivity (Wildman–Crippen MR) is 153 cm³/mol. The zero-order valence-corrected chi connectivity index (χ0v) is 24.2. The van der Waals surface area contributed by atoms with Gasteiger partial charge in [-0.05, 0) is 62.2 Å². The molecule has 0 saturated heterocycles. The van der Waals surface area contributed by atoms with E-state index in [1.807, 2.05) is 0 Å². The summed E-state index contributed by atoms with van der Waals surface area (Å²) in [5, 5.41) is 46.2. The summed E-state index contributed by atoms with van der Waals surface area (Å²) >= 11 is 12.3. The SMILES string of the molecule is CN(C)c1cc(-c2ccc(Cl)c(Cl)c2)c(O)c2c1C[C@@H]1C[C@@H]3[C@@H](N(C)C)C(O)=C(C(N)=O)C(=O)[C@]3(O)C(O)=C1C2=O. The maximum atomic E-state index is 14.2. The average Bonchev–Trinajstić information content (AvgIpc) is 2.87.